The number of ether oxygens (including phenoxy) is 2. The van der Waals surface area contributed by atoms with Crippen LogP contribution < -0.4 is 0 Å². The Labute approximate surface area is 74.2 Å². The van der Waals surface area contributed by atoms with Crippen LogP contribution in [-0.4, -0.2) is 35.2 Å². The lowest BCUT2D eigenvalue weighted by Crippen LogP contribution is -2.31. The summed E-state index contributed by atoms with van der Waals surface area (Å²) in [5, 5.41) is 0. The van der Waals surface area contributed by atoms with E-state index in [9.17, 15) is 0 Å². The third kappa shape index (κ3) is 1.17. The molecule has 0 unspecified atom stereocenters. The molecule has 58 valence electrons. The van der Waals surface area contributed by atoms with Crippen molar-refractivity contribution in [2.75, 3.05) is 26.3 Å². The maximum absolute atomic E-state index is 5.50. The van der Waals surface area contributed by atoms with E-state index in [0.29, 0.717) is 0 Å². The van der Waals surface area contributed by atoms with Gasteiger partial charge in [-0.15, -0.1) is 0 Å². The first-order chi connectivity index (χ1) is 4.81. The standard InChI is InChI=1S/C6H10INO2/c7-8-2-1-6(5-8)9-3-4-10-6/h1-5H2. The summed E-state index contributed by atoms with van der Waals surface area (Å²) in [5.41, 5.74) is 0. The monoisotopic (exact) mass is 255 g/mol. The number of hydrogen-bond acceptors (Lipinski definition) is 3. The molecule has 0 saturated carbocycles. The second-order valence-electron chi connectivity index (χ2n) is 2.70. The normalized spacial score (nSPS) is 32.1. The number of hydrogen-bond donors (Lipinski definition) is 0. The fraction of sp³-hybridized carbons (Fsp3) is 1.00. The molecule has 0 N–H and O–H groups in total. The Balaban J connectivity index is 2.03. The Hall–Kier alpha value is 0.610. The molecule has 2 saturated heterocycles. The van der Waals surface area contributed by atoms with Crippen LogP contribution in [-0.2, 0) is 9.47 Å². The maximum Gasteiger partial charge on any atom is 0.183 e. The van der Waals surface area contributed by atoms with Crippen LogP contribution in [0.5, 0.6) is 0 Å². The molecule has 4 heteroatoms. The highest BCUT2D eigenvalue weighted by atomic mass is 127. The Bertz CT molecular complexity index is 136. The lowest BCUT2D eigenvalue weighted by Gasteiger charge is -2.19. The maximum atomic E-state index is 5.50. The first kappa shape index (κ1) is 7.27. The summed E-state index contributed by atoms with van der Waals surface area (Å²) in [6.07, 6.45) is 1.02. The quantitative estimate of drug-likeness (QED) is 0.471. The van der Waals surface area contributed by atoms with Crippen LogP contribution in [0.3, 0.4) is 0 Å². The van der Waals surface area contributed by atoms with E-state index in [0.717, 1.165) is 32.7 Å². The van der Waals surface area contributed by atoms with Gasteiger partial charge in [0.1, 0.15) is 0 Å². The van der Waals surface area contributed by atoms with Crippen molar-refractivity contribution in [1.29, 1.82) is 0 Å². The van der Waals surface area contributed by atoms with Crippen LogP contribution in [0.25, 0.3) is 0 Å². The SMILES string of the molecule is IN1CCC2(C1)OCCO2. The smallest absolute Gasteiger partial charge is 0.183 e. The molecule has 0 aliphatic carbocycles. The van der Waals surface area contributed by atoms with Crippen molar-refractivity contribution in [3.63, 3.8) is 0 Å². The van der Waals surface area contributed by atoms with Crippen LogP contribution in [0.2, 0.25) is 0 Å². The molecule has 0 bridgehead atoms. The van der Waals surface area contributed by atoms with Gasteiger partial charge in [0, 0.05) is 35.8 Å². The van der Waals surface area contributed by atoms with Crippen molar-refractivity contribution in [1.82, 2.24) is 3.11 Å². The van der Waals surface area contributed by atoms with Gasteiger partial charge in [-0.3, -0.25) is 0 Å². The lowest BCUT2D eigenvalue weighted by molar-refractivity contribution is -0.141. The highest BCUT2D eigenvalue weighted by Crippen LogP contribution is 2.31. The molecule has 0 aromatic rings. The van der Waals surface area contributed by atoms with Gasteiger partial charge in [0.25, 0.3) is 0 Å². The predicted octanol–water partition coefficient (Wildman–Crippen LogP) is 0.785. The van der Waals surface area contributed by atoms with Crippen molar-refractivity contribution in [2.45, 2.75) is 12.2 Å². The van der Waals surface area contributed by atoms with E-state index < -0.39 is 0 Å². The van der Waals surface area contributed by atoms with Gasteiger partial charge >= 0.3 is 0 Å². The van der Waals surface area contributed by atoms with Gasteiger partial charge in [-0.1, -0.05) is 0 Å². The molecule has 2 aliphatic rings. The van der Waals surface area contributed by atoms with E-state index in [1.165, 1.54) is 0 Å². The summed E-state index contributed by atoms with van der Waals surface area (Å²) < 4.78 is 13.2. The molecular formula is C6H10INO2. The van der Waals surface area contributed by atoms with Crippen molar-refractivity contribution in [3.05, 3.63) is 0 Å². The molecular weight excluding hydrogens is 245 g/mol. The predicted molar refractivity (Wildman–Crippen MR) is 44.8 cm³/mol. The zero-order valence-electron chi connectivity index (χ0n) is 5.68. The van der Waals surface area contributed by atoms with E-state index in [-0.39, 0.29) is 5.79 Å². The zero-order chi connectivity index (χ0) is 7.03. The molecule has 0 aromatic heterocycles. The minimum atomic E-state index is -0.221. The molecule has 3 nitrogen and oxygen atoms in total. The number of nitrogens with zero attached hydrogens (tertiary/aromatic N) is 1. The summed E-state index contributed by atoms with van der Waals surface area (Å²) in [7, 11) is 0. The molecule has 2 rings (SSSR count). The molecule has 2 aliphatic heterocycles. The Morgan fingerprint density at radius 3 is 2.50 bits per heavy atom. The van der Waals surface area contributed by atoms with Crippen LogP contribution in [0.1, 0.15) is 6.42 Å². The van der Waals surface area contributed by atoms with Crippen LogP contribution in [0.4, 0.5) is 0 Å². The van der Waals surface area contributed by atoms with Gasteiger partial charge in [-0.2, -0.15) is 0 Å². The molecule has 2 fully saturated rings. The van der Waals surface area contributed by atoms with Crippen molar-refractivity contribution in [2.24, 2.45) is 0 Å². The van der Waals surface area contributed by atoms with Gasteiger partial charge < -0.3 is 9.47 Å². The third-order valence-corrected chi connectivity index (χ3v) is 2.78. The largest absolute Gasteiger partial charge is 0.346 e. The first-order valence-corrected chi connectivity index (χ1v) is 4.46. The van der Waals surface area contributed by atoms with Crippen LogP contribution in [0.15, 0.2) is 0 Å². The van der Waals surface area contributed by atoms with Crippen LogP contribution >= 0.6 is 22.9 Å². The zero-order valence-corrected chi connectivity index (χ0v) is 7.83. The minimum absolute atomic E-state index is 0.221. The van der Waals surface area contributed by atoms with E-state index in [1.807, 2.05) is 0 Å². The Morgan fingerprint density at radius 1 is 1.30 bits per heavy atom. The molecule has 0 radical (unpaired) electrons. The van der Waals surface area contributed by atoms with E-state index in [1.54, 1.807) is 0 Å². The second kappa shape index (κ2) is 2.58. The Morgan fingerprint density at radius 2 is 2.00 bits per heavy atom. The fourth-order valence-electron chi connectivity index (χ4n) is 1.44. The summed E-state index contributed by atoms with van der Waals surface area (Å²) in [5.74, 6) is -0.221. The molecule has 0 atom stereocenters. The summed E-state index contributed by atoms with van der Waals surface area (Å²) in [6, 6.07) is 0. The van der Waals surface area contributed by atoms with Crippen molar-refractivity contribution in [3.8, 4) is 0 Å². The highest BCUT2D eigenvalue weighted by molar-refractivity contribution is 14.1. The van der Waals surface area contributed by atoms with E-state index >= 15 is 0 Å². The molecule has 1 spiro atoms. The van der Waals surface area contributed by atoms with Crippen molar-refractivity contribution < 1.29 is 9.47 Å². The van der Waals surface area contributed by atoms with Crippen LogP contribution in [0, 0.1) is 0 Å². The van der Waals surface area contributed by atoms with Gasteiger partial charge in [0.05, 0.1) is 19.8 Å². The number of rotatable bonds is 0. The number of halogens is 1. The fourth-order valence-corrected chi connectivity index (χ4v) is 2.20. The summed E-state index contributed by atoms with van der Waals surface area (Å²) >= 11 is 2.30. The van der Waals surface area contributed by atoms with Gasteiger partial charge in [0.2, 0.25) is 0 Å². The van der Waals surface area contributed by atoms with Crippen molar-refractivity contribution >= 4 is 22.9 Å². The second-order valence-corrected chi connectivity index (χ2v) is 4.07. The molecule has 2 heterocycles. The first-order valence-electron chi connectivity index (χ1n) is 3.49. The lowest BCUT2D eigenvalue weighted by atomic mass is 10.2. The molecule has 10 heavy (non-hydrogen) atoms. The Kier molecular flexibility index (Phi) is 1.88. The topological polar surface area (TPSA) is 21.7 Å². The highest BCUT2D eigenvalue weighted by Gasteiger charge is 2.42. The van der Waals surface area contributed by atoms with Gasteiger partial charge in [0.15, 0.2) is 5.79 Å². The van der Waals surface area contributed by atoms with E-state index in [2.05, 4.69) is 26.0 Å². The van der Waals surface area contributed by atoms with Gasteiger partial charge in [-0.05, 0) is 0 Å². The molecule has 0 amide bonds. The summed E-state index contributed by atoms with van der Waals surface area (Å²) in [4.78, 5) is 0. The average Bonchev–Trinajstić information content (AvgIpc) is 2.46. The van der Waals surface area contributed by atoms with Gasteiger partial charge in [-0.25, -0.2) is 3.11 Å². The van der Waals surface area contributed by atoms with E-state index in [4.69, 9.17) is 9.47 Å². The third-order valence-electron chi connectivity index (χ3n) is 1.96. The molecule has 0 aromatic carbocycles. The minimum Gasteiger partial charge on any atom is -0.346 e. The summed E-state index contributed by atoms with van der Waals surface area (Å²) in [6.45, 7) is 3.54. The average molecular weight is 255 g/mol.